The summed E-state index contributed by atoms with van der Waals surface area (Å²) in [6.45, 7) is 6.00. The molecule has 3 rings (SSSR count). The fraction of sp³-hybridized carbons (Fsp3) is 0.440. The van der Waals surface area contributed by atoms with Gasteiger partial charge in [-0.2, -0.15) is 13.2 Å². The van der Waals surface area contributed by atoms with E-state index in [1.54, 1.807) is 20.8 Å². The van der Waals surface area contributed by atoms with E-state index >= 15 is 0 Å². The summed E-state index contributed by atoms with van der Waals surface area (Å²) >= 11 is 0. The SMILES string of the molecule is C[C@H](C[C@H]1CN(S(=O)(=O)c2ccc(F)c(C(F)(F)F)c2)c2cc(CC(=O)OC(C)(C)C)ccc2O1)C(=O)O. The molecular weight excluding hydrogens is 534 g/mol. The predicted octanol–water partition coefficient (Wildman–Crippen LogP) is 4.80. The molecule has 2 aromatic rings. The minimum atomic E-state index is -5.14. The molecule has 1 N–H and O–H groups in total. The second-order valence-corrected chi connectivity index (χ2v) is 11.8. The first kappa shape index (κ1) is 29.2. The summed E-state index contributed by atoms with van der Waals surface area (Å²) in [5.74, 6) is -4.26. The van der Waals surface area contributed by atoms with Crippen LogP contribution in [0.2, 0.25) is 0 Å². The number of esters is 1. The number of anilines is 1. The van der Waals surface area contributed by atoms with E-state index in [9.17, 15) is 40.7 Å². The van der Waals surface area contributed by atoms with E-state index in [4.69, 9.17) is 9.47 Å². The fourth-order valence-electron chi connectivity index (χ4n) is 3.87. The molecule has 0 aromatic heterocycles. The summed E-state index contributed by atoms with van der Waals surface area (Å²) < 4.78 is 92.9. The molecule has 1 aliphatic heterocycles. The summed E-state index contributed by atoms with van der Waals surface area (Å²) in [5, 5.41) is 9.27. The van der Waals surface area contributed by atoms with E-state index in [-0.39, 0.29) is 30.3 Å². The second-order valence-electron chi connectivity index (χ2n) is 9.96. The van der Waals surface area contributed by atoms with Crippen molar-refractivity contribution in [1.82, 2.24) is 0 Å². The number of sulfonamides is 1. The van der Waals surface area contributed by atoms with Crippen molar-refractivity contribution >= 4 is 27.6 Å². The molecule has 0 unspecified atom stereocenters. The van der Waals surface area contributed by atoms with Crippen LogP contribution in [0.25, 0.3) is 0 Å². The number of benzene rings is 2. The Morgan fingerprint density at radius 2 is 1.82 bits per heavy atom. The van der Waals surface area contributed by atoms with Crippen molar-refractivity contribution < 1.29 is 50.1 Å². The Morgan fingerprint density at radius 1 is 1.16 bits per heavy atom. The molecule has 0 saturated carbocycles. The van der Waals surface area contributed by atoms with Crippen LogP contribution in [-0.4, -0.2) is 43.7 Å². The summed E-state index contributed by atoms with van der Waals surface area (Å²) in [7, 11) is -4.71. The number of ether oxygens (including phenoxy) is 2. The van der Waals surface area contributed by atoms with Crippen molar-refractivity contribution in [3.05, 3.63) is 53.3 Å². The summed E-state index contributed by atoms with van der Waals surface area (Å²) in [6.07, 6.45) is -6.43. The number of fused-ring (bicyclic) bond motifs is 1. The maximum absolute atomic E-state index is 13.9. The van der Waals surface area contributed by atoms with Gasteiger partial charge in [-0.05, 0) is 63.1 Å². The quantitative estimate of drug-likeness (QED) is 0.382. The lowest BCUT2D eigenvalue weighted by Crippen LogP contribution is -2.44. The van der Waals surface area contributed by atoms with Crippen LogP contribution in [0.1, 0.15) is 45.2 Å². The van der Waals surface area contributed by atoms with Gasteiger partial charge in [-0.3, -0.25) is 13.9 Å². The third kappa shape index (κ3) is 6.74. The zero-order chi connectivity index (χ0) is 28.6. The van der Waals surface area contributed by atoms with Gasteiger partial charge >= 0.3 is 18.1 Å². The van der Waals surface area contributed by atoms with Gasteiger partial charge in [0.05, 0.1) is 35.0 Å². The summed E-state index contributed by atoms with van der Waals surface area (Å²) in [6, 6.07) is 5.56. The second kappa shape index (κ2) is 10.4. The number of carbonyl (C=O) groups is 2. The molecule has 0 fully saturated rings. The van der Waals surface area contributed by atoms with Gasteiger partial charge in [-0.15, -0.1) is 0 Å². The topological polar surface area (TPSA) is 110 Å². The number of carboxylic acids is 1. The van der Waals surface area contributed by atoms with Gasteiger partial charge in [0.15, 0.2) is 0 Å². The van der Waals surface area contributed by atoms with Crippen molar-refractivity contribution in [2.45, 2.75) is 63.3 Å². The van der Waals surface area contributed by atoms with Crippen LogP contribution in [0.15, 0.2) is 41.3 Å². The molecule has 38 heavy (non-hydrogen) atoms. The molecule has 1 aliphatic rings. The minimum absolute atomic E-state index is 0.0218. The smallest absolute Gasteiger partial charge is 0.419 e. The van der Waals surface area contributed by atoms with Crippen molar-refractivity contribution in [1.29, 1.82) is 0 Å². The molecule has 0 radical (unpaired) electrons. The van der Waals surface area contributed by atoms with Gasteiger partial charge in [-0.25, -0.2) is 12.8 Å². The Labute approximate surface area is 217 Å². The average Bonchev–Trinajstić information content (AvgIpc) is 2.76. The zero-order valence-electron chi connectivity index (χ0n) is 21.0. The molecule has 0 saturated heterocycles. The molecule has 1 heterocycles. The largest absolute Gasteiger partial charge is 0.486 e. The van der Waals surface area contributed by atoms with Gasteiger partial charge in [0.25, 0.3) is 10.0 Å². The van der Waals surface area contributed by atoms with E-state index in [1.165, 1.54) is 25.1 Å². The van der Waals surface area contributed by atoms with Crippen molar-refractivity contribution in [2.24, 2.45) is 5.92 Å². The number of carbonyl (C=O) groups excluding carboxylic acids is 1. The number of aliphatic carboxylic acids is 1. The number of hydrogen-bond acceptors (Lipinski definition) is 6. The number of carboxylic acid groups (broad SMARTS) is 1. The molecule has 208 valence electrons. The van der Waals surface area contributed by atoms with Crippen LogP contribution < -0.4 is 9.04 Å². The fourth-order valence-corrected chi connectivity index (χ4v) is 5.39. The maximum atomic E-state index is 13.9. The van der Waals surface area contributed by atoms with Crippen LogP contribution in [0.4, 0.5) is 23.2 Å². The highest BCUT2D eigenvalue weighted by Crippen LogP contribution is 2.40. The summed E-state index contributed by atoms with van der Waals surface area (Å²) in [5.41, 5.74) is -2.24. The molecule has 0 spiro atoms. The van der Waals surface area contributed by atoms with Crippen molar-refractivity contribution in [3.63, 3.8) is 0 Å². The molecule has 13 heteroatoms. The standard InChI is InChI=1S/C25H27F4NO7S/c1-14(23(32)33)9-16-13-30(38(34,35)17-6-7-19(26)18(12-17)25(27,28)29)20-10-15(5-8-21(20)36-16)11-22(31)37-24(2,3)4/h5-8,10,12,14,16H,9,11,13H2,1-4H3,(H,32,33)/t14-,16+/m1/s1. The van der Waals surface area contributed by atoms with Crippen LogP contribution in [0.3, 0.4) is 0 Å². The highest BCUT2D eigenvalue weighted by Gasteiger charge is 2.39. The maximum Gasteiger partial charge on any atom is 0.419 e. The van der Waals surface area contributed by atoms with Crippen molar-refractivity contribution in [3.8, 4) is 5.75 Å². The van der Waals surface area contributed by atoms with E-state index < -0.39 is 68.6 Å². The lowest BCUT2D eigenvalue weighted by Gasteiger charge is -2.36. The molecular formula is C25H27F4NO7S. The van der Waals surface area contributed by atoms with Gasteiger partial charge < -0.3 is 14.6 Å². The minimum Gasteiger partial charge on any atom is -0.486 e. The predicted molar refractivity (Wildman–Crippen MR) is 128 cm³/mol. The number of rotatable bonds is 7. The zero-order valence-corrected chi connectivity index (χ0v) is 21.8. The molecule has 2 atom stereocenters. The Balaban J connectivity index is 2.07. The first-order chi connectivity index (χ1) is 17.4. The van der Waals surface area contributed by atoms with E-state index in [0.717, 1.165) is 4.31 Å². The van der Waals surface area contributed by atoms with Gasteiger partial charge in [-0.1, -0.05) is 13.0 Å². The van der Waals surface area contributed by atoms with Gasteiger partial charge in [0.2, 0.25) is 0 Å². The Hall–Kier alpha value is -3.35. The Kier molecular flexibility index (Phi) is 8.02. The Bertz CT molecular complexity index is 1340. The van der Waals surface area contributed by atoms with Crippen LogP contribution in [0.5, 0.6) is 5.75 Å². The number of halogens is 4. The third-order valence-electron chi connectivity index (χ3n) is 5.59. The third-order valence-corrected chi connectivity index (χ3v) is 7.37. The highest BCUT2D eigenvalue weighted by atomic mass is 32.2. The highest BCUT2D eigenvalue weighted by molar-refractivity contribution is 7.92. The van der Waals surface area contributed by atoms with Gasteiger partial charge in [0.1, 0.15) is 23.3 Å². The Morgan fingerprint density at radius 3 is 2.39 bits per heavy atom. The lowest BCUT2D eigenvalue weighted by atomic mass is 10.0. The molecule has 2 aromatic carbocycles. The molecule has 0 bridgehead atoms. The summed E-state index contributed by atoms with van der Waals surface area (Å²) in [4.78, 5) is 22.9. The van der Waals surface area contributed by atoms with E-state index in [2.05, 4.69) is 0 Å². The van der Waals surface area contributed by atoms with Crippen molar-refractivity contribution in [2.75, 3.05) is 10.8 Å². The monoisotopic (exact) mass is 561 g/mol. The first-order valence-corrected chi connectivity index (χ1v) is 13.0. The molecule has 0 amide bonds. The van der Waals surface area contributed by atoms with Crippen LogP contribution in [-0.2, 0) is 36.9 Å². The van der Waals surface area contributed by atoms with Crippen LogP contribution >= 0.6 is 0 Å². The van der Waals surface area contributed by atoms with E-state index in [1.807, 2.05) is 0 Å². The van der Waals surface area contributed by atoms with Crippen LogP contribution in [0, 0.1) is 11.7 Å². The van der Waals surface area contributed by atoms with E-state index in [0.29, 0.717) is 17.7 Å². The van der Waals surface area contributed by atoms with Gasteiger partial charge in [0, 0.05) is 0 Å². The molecule has 0 aliphatic carbocycles. The normalized spacial score (nSPS) is 16.8. The average molecular weight is 562 g/mol. The molecule has 8 nitrogen and oxygen atoms in total. The first-order valence-electron chi connectivity index (χ1n) is 11.5. The number of hydrogen-bond donors (Lipinski definition) is 1. The number of nitrogens with zero attached hydrogens (tertiary/aromatic N) is 1. The lowest BCUT2D eigenvalue weighted by molar-refractivity contribution is -0.154. The number of alkyl halides is 3.